The average molecular weight is 471 g/mol. The van der Waals surface area contributed by atoms with E-state index in [1.54, 1.807) is 6.07 Å². The van der Waals surface area contributed by atoms with Crippen molar-refractivity contribution in [3.05, 3.63) is 52.9 Å². The monoisotopic (exact) mass is 470 g/mol. The number of nitrogens with one attached hydrogen (secondary N) is 1. The van der Waals surface area contributed by atoms with Crippen LogP contribution in [0.4, 0.5) is 8.78 Å². The first-order valence-electron chi connectivity index (χ1n) is 12.2. The Kier molecular flexibility index (Phi) is 4.32. The molecular weight excluding hydrogens is 446 g/mol. The number of hydrogen-bond acceptors (Lipinski definition) is 4. The highest BCUT2D eigenvalue weighted by molar-refractivity contribution is 6.02. The first-order chi connectivity index (χ1) is 17.0. The third kappa shape index (κ3) is 2.90. The van der Waals surface area contributed by atoms with Gasteiger partial charge in [-0.15, -0.1) is 6.42 Å². The van der Waals surface area contributed by atoms with Crippen LogP contribution in [0.1, 0.15) is 48.7 Å². The first kappa shape index (κ1) is 20.8. The molecule has 3 fully saturated rings. The summed E-state index contributed by atoms with van der Waals surface area (Å²) in [6, 6.07) is 5.91. The Labute approximate surface area is 201 Å². The zero-order valence-corrected chi connectivity index (χ0v) is 19.3. The number of nitrogens with zero attached hydrogens (tertiary/aromatic N) is 3. The number of phenols is 1. The van der Waals surface area contributed by atoms with Gasteiger partial charge in [0.2, 0.25) is 0 Å². The molecular formula is C28H24F2N4O. The highest BCUT2D eigenvalue weighted by Gasteiger charge is 2.56. The smallest absolute Gasteiger partial charge is 0.175 e. The highest BCUT2D eigenvalue weighted by atomic mass is 19.1. The molecule has 0 radical (unpaired) electrons. The predicted octanol–water partition coefficient (Wildman–Crippen LogP) is 5.05. The highest BCUT2D eigenvalue weighted by Crippen LogP contribution is 2.58. The van der Waals surface area contributed by atoms with Crippen LogP contribution in [0.3, 0.4) is 0 Å². The number of terminal acetylenes is 1. The first-order valence-corrected chi connectivity index (χ1v) is 12.2. The third-order valence-corrected chi connectivity index (χ3v) is 7.97. The number of halogens is 2. The number of aromatic hydroxyl groups is 1. The number of piperidine rings is 1. The van der Waals surface area contributed by atoms with Gasteiger partial charge in [-0.1, -0.05) is 18.9 Å². The van der Waals surface area contributed by atoms with Crippen molar-refractivity contribution >= 4 is 21.7 Å². The number of aryl methyl sites for hydroxylation is 1. The zero-order chi connectivity index (χ0) is 24.0. The number of fused-ring (bicyclic) bond motifs is 3. The van der Waals surface area contributed by atoms with Gasteiger partial charge in [0, 0.05) is 22.3 Å². The molecule has 1 unspecified atom stereocenters. The normalized spacial score (nSPS) is 23.1. The van der Waals surface area contributed by atoms with Crippen LogP contribution in [0.25, 0.3) is 32.9 Å². The minimum atomic E-state index is -0.566. The summed E-state index contributed by atoms with van der Waals surface area (Å²) in [4.78, 5) is 4.80. The number of hydrogen-bond donors (Lipinski definition) is 2. The van der Waals surface area contributed by atoms with Crippen molar-refractivity contribution in [3.63, 3.8) is 0 Å². The van der Waals surface area contributed by atoms with Crippen LogP contribution < -0.4 is 5.32 Å². The fourth-order valence-corrected chi connectivity index (χ4v) is 6.13. The van der Waals surface area contributed by atoms with E-state index < -0.39 is 11.6 Å². The van der Waals surface area contributed by atoms with Crippen LogP contribution in [0, 0.1) is 35.8 Å². The van der Waals surface area contributed by atoms with E-state index in [-0.39, 0.29) is 23.0 Å². The maximum absolute atomic E-state index is 16.5. The number of phenolic OH excluding ortho intramolecular Hbond substituents is 1. The van der Waals surface area contributed by atoms with Crippen molar-refractivity contribution < 1.29 is 13.9 Å². The van der Waals surface area contributed by atoms with E-state index in [9.17, 15) is 9.50 Å². The lowest BCUT2D eigenvalue weighted by Crippen LogP contribution is -2.14. The van der Waals surface area contributed by atoms with Gasteiger partial charge in [-0.05, 0) is 67.8 Å². The molecule has 5 nitrogen and oxygen atoms in total. The van der Waals surface area contributed by atoms with Gasteiger partial charge in [0.1, 0.15) is 22.8 Å². The molecule has 3 atom stereocenters. The van der Waals surface area contributed by atoms with Gasteiger partial charge >= 0.3 is 0 Å². The maximum atomic E-state index is 16.5. The zero-order valence-electron chi connectivity index (χ0n) is 19.3. The second-order valence-electron chi connectivity index (χ2n) is 10.0. The van der Waals surface area contributed by atoms with Crippen LogP contribution >= 0.6 is 0 Å². The lowest BCUT2D eigenvalue weighted by atomic mass is 9.95. The largest absolute Gasteiger partial charge is 0.508 e. The standard InChI is InChI=1S/C28H24F2N4O/c1-3-16-20(29)8-5-13-9-15(35)10-17(22(13)16)26-25(30)28-24(21(4-2)32-26)27(33-34(28)14-6-7-14)23-18-11-31-12-19(18)23/h1,5,8-10,14,18-19,23,31,35H,4,6-7,11-12H2,2H3/t18-,19+,23?. The number of benzene rings is 2. The van der Waals surface area contributed by atoms with Crippen LogP contribution in [0.15, 0.2) is 24.3 Å². The molecule has 1 aliphatic heterocycles. The molecule has 35 heavy (non-hydrogen) atoms. The van der Waals surface area contributed by atoms with Crippen LogP contribution in [0.5, 0.6) is 5.75 Å². The van der Waals surface area contributed by atoms with E-state index in [1.165, 1.54) is 18.2 Å². The lowest BCUT2D eigenvalue weighted by molar-refractivity contribution is 0.476. The molecule has 0 amide bonds. The number of aromatic nitrogens is 3. The second kappa shape index (κ2) is 7.25. The van der Waals surface area contributed by atoms with Gasteiger partial charge in [0.25, 0.3) is 0 Å². The summed E-state index contributed by atoms with van der Waals surface area (Å²) in [6.07, 6.45) is 8.19. The van der Waals surface area contributed by atoms with Crippen LogP contribution in [-0.2, 0) is 6.42 Å². The topological polar surface area (TPSA) is 63.0 Å². The van der Waals surface area contributed by atoms with E-state index in [0.717, 1.165) is 42.7 Å². The Morgan fingerprint density at radius 2 is 1.94 bits per heavy atom. The molecule has 0 bridgehead atoms. The van der Waals surface area contributed by atoms with Gasteiger partial charge in [-0.25, -0.2) is 13.8 Å². The summed E-state index contributed by atoms with van der Waals surface area (Å²) < 4.78 is 33.1. The molecule has 7 heteroatoms. The minimum Gasteiger partial charge on any atom is -0.508 e. The quantitative estimate of drug-likeness (QED) is 0.410. The van der Waals surface area contributed by atoms with Crippen LogP contribution in [-0.4, -0.2) is 33.0 Å². The number of rotatable bonds is 4. The lowest BCUT2D eigenvalue weighted by Gasteiger charge is -2.14. The molecule has 3 heterocycles. The predicted molar refractivity (Wildman–Crippen MR) is 130 cm³/mol. The van der Waals surface area contributed by atoms with Crippen molar-refractivity contribution in [2.45, 2.75) is 38.1 Å². The summed E-state index contributed by atoms with van der Waals surface area (Å²) in [6.45, 7) is 3.95. The fraction of sp³-hybridized carbons (Fsp3) is 0.357. The van der Waals surface area contributed by atoms with Crippen molar-refractivity contribution in [3.8, 4) is 29.4 Å². The van der Waals surface area contributed by atoms with Crippen molar-refractivity contribution in [2.75, 3.05) is 13.1 Å². The van der Waals surface area contributed by atoms with Crippen molar-refractivity contribution in [1.82, 2.24) is 20.1 Å². The van der Waals surface area contributed by atoms with Gasteiger partial charge < -0.3 is 10.4 Å². The van der Waals surface area contributed by atoms with Crippen molar-refractivity contribution in [1.29, 1.82) is 0 Å². The van der Waals surface area contributed by atoms with E-state index in [0.29, 0.717) is 46.0 Å². The molecule has 2 N–H and O–H groups in total. The third-order valence-electron chi connectivity index (χ3n) is 7.97. The summed E-state index contributed by atoms with van der Waals surface area (Å²) in [5.41, 5.74) is 2.60. The minimum absolute atomic E-state index is 0.0338. The Bertz CT molecular complexity index is 1590. The number of pyridine rings is 1. The molecule has 7 rings (SSSR count). The van der Waals surface area contributed by atoms with E-state index in [1.807, 2.05) is 11.6 Å². The SMILES string of the molecule is C#Cc1c(F)ccc2cc(O)cc(-c3nc(CC)c4c(C5[C@H]6CNC[C@@H]56)nn(C5CC5)c4c3F)c12. The van der Waals surface area contributed by atoms with E-state index in [4.69, 9.17) is 16.5 Å². The van der Waals surface area contributed by atoms with Gasteiger partial charge in [0.15, 0.2) is 5.82 Å². The maximum Gasteiger partial charge on any atom is 0.175 e. The molecule has 176 valence electrons. The molecule has 0 spiro atoms. The summed E-state index contributed by atoms with van der Waals surface area (Å²) in [7, 11) is 0. The molecule has 2 aromatic carbocycles. The van der Waals surface area contributed by atoms with Gasteiger partial charge in [-0.3, -0.25) is 4.68 Å². The summed E-state index contributed by atoms with van der Waals surface area (Å²) in [5, 5.41) is 20.6. The van der Waals surface area contributed by atoms with Gasteiger partial charge in [-0.2, -0.15) is 5.10 Å². The molecule has 4 aromatic rings. The van der Waals surface area contributed by atoms with Crippen LogP contribution in [0.2, 0.25) is 0 Å². The molecule has 2 saturated carbocycles. The molecule has 3 aliphatic rings. The Morgan fingerprint density at radius 1 is 1.17 bits per heavy atom. The molecule has 2 aliphatic carbocycles. The van der Waals surface area contributed by atoms with E-state index >= 15 is 4.39 Å². The fourth-order valence-electron chi connectivity index (χ4n) is 6.13. The van der Waals surface area contributed by atoms with Crippen molar-refractivity contribution in [2.24, 2.45) is 11.8 Å². The van der Waals surface area contributed by atoms with Gasteiger partial charge in [0.05, 0.1) is 23.0 Å². The Hall–Kier alpha value is -3.50. The summed E-state index contributed by atoms with van der Waals surface area (Å²) >= 11 is 0. The average Bonchev–Trinajstić information content (AvgIpc) is 3.73. The second-order valence-corrected chi connectivity index (χ2v) is 10.0. The molecule has 1 saturated heterocycles. The molecule has 2 aromatic heterocycles. The Morgan fingerprint density at radius 3 is 2.63 bits per heavy atom. The Balaban J connectivity index is 1.55. The van der Waals surface area contributed by atoms with E-state index in [2.05, 4.69) is 11.2 Å². The summed E-state index contributed by atoms with van der Waals surface area (Å²) in [5.74, 6) is 2.72.